The van der Waals surface area contributed by atoms with Crippen LogP contribution in [-0.2, 0) is 0 Å². The van der Waals surface area contributed by atoms with E-state index >= 15 is 0 Å². The van der Waals surface area contributed by atoms with Crippen molar-refractivity contribution in [3.05, 3.63) is 34.9 Å². The van der Waals surface area contributed by atoms with Crippen molar-refractivity contribution in [2.24, 2.45) is 0 Å². The first-order chi connectivity index (χ1) is 9.92. The van der Waals surface area contributed by atoms with E-state index in [9.17, 15) is 18.4 Å². The summed E-state index contributed by atoms with van der Waals surface area (Å²) < 4.78 is 26.4. The predicted molar refractivity (Wildman–Crippen MR) is 71.2 cm³/mol. The van der Waals surface area contributed by atoms with E-state index in [4.69, 9.17) is 10.2 Å². The van der Waals surface area contributed by atoms with Crippen LogP contribution in [0.3, 0.4) is 0 Å². The van der Waals surface area contributed by atoms with Gasteiger partial charge in [-0.25, -0.2) is 13.6 Å². The number of hydrogen-bond donors (Lipinski definition) is 2. The van der Waals surface area contributed by atoms with Crippen LogP contribution in [0.25, 0.3) is 0 Å². The fourth-order valence-corrected chi connectivity index (χ4v) is 1.86. The van der Waals surface area contributed by atoms with Crippen LogP contribution < -0.4 is 0 Å². The Morgan fingerprint density at radius 3 is 2.19 bits per heavy atom. The van der Waals surface area contributed by atoms with Crippen molar-refractivity contribution in [3.63, 3.8) is 0 Å². The third kappa shape index (κ3) is 4.22. The first-order valence-corrected chi connectivity index (χ1v) is 6.54. The van der Waals surface area contributed by atoms with Crippen molar-refractivity contribution in [2.45, 2.75) is 19.8 Å². The highest BCUT2D eigenvalue weighted by molar-refractivity contribution is 6.04. The van der Waals surface area contributed by atoms with Crippen LogP contribution in [0.15, 0.2) is 12.1 Å². The van der Waals surface area contributed by atoms with Gasteiger partial charge in [0.1, 0.15) is 0 Å². The molecule has 1 aromatic carbocycles. The molecule has 5 nitrogen and oxygen atoms in total. The van der Waals surface area contributed by atoms with E-state index in [2.05, 4.69) is 0 Å². The summed E-state index contributed by atoms with van der Waals surface area (Å²) in [4.78, 5) is 24.6. The molecular weight excluding hydrogens is 284 g/mol. The molecule has 0 bridgehead atoms. The quantitative estimate of drug-likeness (QED) is 0.806. The van der Waals surface area contributed by atoms with Gasteiger partial charge in [-0.3, -0.25) is 4.79 Å². The molecule has 0 aliphatic carbocycles. The summed E-state index contributed by atoms with van der Waals surface area (Å²) in [6, 6.07) is 1.07. The lowest BCUT2D eigenvalue weighted by Gasteiger charge is -2.22. The van der Waals surface area contributed by atoms with Gasteiger partial charge in [0, 0.05) is 13.1 Å². The molecule has 2 N–H and O–H groups in total. The van der Waals surface area contributed by atoms with Crippen molar-refractivity contribution in [3.8, 4) is 0 Å². The molecule has 0 aliphatic heterocycles. The summed E-state index contributed by atoms with van der Waals surface area (Å²) in [7, 11) is 0. The molecule has 0 unspecified atom stereocenters. The van der Waals surface area contributed by atoms with E-state index in [1.807, 2.05) is 6.92 Å². The Hall–Kier alpha value is -2.02. The fraction of sp³-hybridized carbons (Fsp3) is 0.429. The average Bonchev–Trinajstić information content (AvgIpc) is 2.44. The van der Waals surface area contributed by atoms with Gasteiger partial charge in [-0.05, 0) is 18.6 Å². The highest BCUT2D eigenvalue weighted by Crippen LogP contribution is 2.18. The first kappa shape index (κ1) is 17.0. The average molecular weight is 301 g/mol. The topological polar surface area (TPSA) is 77.8 Å². The predicted octanol–water partition coefficient (Wildman–Crippen LogP) is 1.90. The molecule has 0 atom stereocenters. The molecule has 0 fully saturated rings. The molecule has 7 heteroatoms. The third-order valence-electron chi connectivity index (χ3n) is 2.96. The van der Waals surface area contributed by atoms with Gasteiger partial charge in [-0.2, -0.15) is 0 Å². The number of carbonyl (C=O) groups is 2. The lowest BCUT2D eigenvalue weighted by molar-refractivity contribution is 0.0664. The summed E-state index contributed by atoms with van der Waals surface area (Å²) in [5, 5.41) is 18.0. The Morgan fingerprint density at radius 2 is 1.71 bits per heavy atom. The molecule has 0 saturated heterocycles. The summed E-state index contributed by atoms with van der Waals surface area (Å²) in [6.07, 6.45) is 1.44. The minimum absolute atomic E-state index is 0.00309. The van der Waals surface area contributed by atoms with Crippen molar-refractivity contribution in [1.82, 2.24) is 4.90 Å². The zero-order valence-corrected chi connectivity index (χ0v) is 11.6. The van der Waals surface area contributed by atoms with E-state index in [0.29, 0.717) is 25.1 Å². The van der Waals surface area contributed by atoms with E-state index in [-0.39, 0.29) is 13.2 Å². The Morgan fingerprint density at radius 1 is 1.14 bits per heavy atom. The first-order valence-electron chi connectivity index (χ1n) is 6.54. The molecule has 0 spiro atoms. The van der Waals surface area contributed by atoms with Crippen LogP contribution in [0.1, 0.15) is 40.5 Å². The lowest BCUT2D eigenvalue weighted by Crippen LogP contribution is -2.35. The standard InChI is InChI=1S/C14H17F2NO4/c1-2-3-4-17(5-6-18)13(19)9-7-11(15)12(16)8-10(9)14(20)21/h7-8,18H,2-6H2,1H3,(H,20,21). The second-order valence-electron chi connectivity index (χ2n) is 4.49. The molecule has 0 aromatic heterocycles. The van der Waals surface area contributed by atoms with Gasteiger partial charge in [0.15, 0.2) is 11.6 Å². The number of nitrogens with zero attached hydrogens (tertiary/aromatic N) is 1. The number of halogens is 2. The van der Waals surface area contributed by atoms with Crippen molar-refractivity contribution in [1.29, 1.82) is 0 Å². The van der Waals surface area contributed by atoms with Gasteiger partial charge in [0.05, 0.1) is 17.7 Å². The van der Waals surface area contributed by atoms with E-state index in [1.165, 1.54) is 4.90 Å². The molecular formula is C14H17F2NO4. The number of amides is 1. The van der Waals surface area contributed by atoms with Gasteiger partial charge in [0.25, 0.3) is 5.91 Å². The van der Waals surface area contributed by atoms with Crippen LogP contribution in [-0.4, -0.2) is 46.7 Å². The molecule has 0 saturated carbocycles. The van der Waals surface area contributed by atoms with Gasteiger partial charge < -0.3 is 15.1 Å². The van der Waals surface area contributed by atoms with Gasteiger partial charge in [-0.15, -0.1) is 0 Å². The van der Waals surface area contributed by atoms with Crippen LogP contribution in [0, 0.1) is 11.6 Å². The number of carboxylic acids is 1. The number of carboxylic acid groups (broad SMARTS) is 1. The highest BCUT2D eigenvalue weighted by Gasteiger charge is 2.24. The number of aromatic carboxylic acids is 1. The van der Waals surface area contributed by atoms with Crippen LogP contribution >= 0.6 is 0 Å². The van der Waals surface area contributed by atoms with Crippen molar-refractivity contribution >= 4 is 11.9 Å². The zero-order valence-electron chi connectivity index (χ0n) is 11.6. The third-order valence-corrected chi connectivity index (χ3v) is 2.96. The molecule has 1 amide bonds. The zero-order chi connectivity index (χ0) is 16.0. The SMILES string of the molecule is CCCCN(CCO)C(=O)c1cc(F)c(F)cc1C(=O)O. The van der Waals surface area contributed by atoms with Gasteiger partial charge in [-0.1, -0.05) is 13.3 Å². The van der Waals surface area contributed by atoms with Crippen molar-refractivity contribution < 1.29 is 28.6 Å². The van der Waals surface area contributed by atoms with E-state index < -0.39 is 34.6 Å². The number of unbranched alkanes of at least 4 members (excludes halogenated alkanes) is 1. The molecule has 1 aromatic rings. The summed E-state index contributed by atoms with van der Waals surface area (Å²) in [5.74, 6) is -4.88. The fourth-order valence-electron chi connectivity index (χ4n) is 1.86. The maximum Gasteiger partial charge on any atom is 0.336 e. The number of aliphatic hydroxyl groups excluding tert-OH is 1. The van der Waals surface area contributed by atoms with Gasteiger partial charge in [0.2, 0.25) is 0 Å². The monoisotopic (exact) mass is 301 g/mol. The number of carbonyl (C=O) groups excluding carboxylic acids is 1. The maximum atomic E-state index is 13.3. The lowest BCUT2D eigenvalue weighted by atomic mass is 10.1. The molecule has 0 radical (unpaired) electrons. The number of rotatable bonds is 7. The van der Waals surface area contributed by atoms with Crippen LogP contribution in [0.5, 0.6) is 0 Å². The Bertz CT molecular complexity index is 534. The smallest absolute Gasteiger partial charge is 0.336 e. The highest BCUT2D eigenvalue weighted by atomic mass is 19.2. The molecule has 116 valence electrons. The molecule has 0 aliphatic rings. The minimum atomic E-state index is -1.52. The number of benzene rings is 1. The normalized spacial score (nSPS) is 10.5. The Labute approximate surface area is 120 Å². The second kappa shape index (κ2) is 7.68. The largest absolute Gasteiger partial charge is 0.478 e. The summed E-state index contributed by atoms with van der Waals surface area (Å²) in [5.41, 5.74) is -1.02. The van der Waals surface area contributed by atoms with Crippen LogP contribution in [0.4, 0.5) is 8.78 Å². The molecule has 1 rings (SSSR count). The Balaban J connectivity index is 3.19. The molecule has 0 heterocycles. The van der Waals surface area contributed by atoms with E-state index in [0.717, 1.165) is 6.42 Å². The van der Waals surface area contributed by atoms with Crippen LogP contribution in [0.2, 0.25) is 0 Å². The molecule has 21 heavy (non-hydrogen) atoms. The Kier molecular flexibility index (Phi) is 6.23. The summed E-state index contributed by atoms with van der Waals surface area (Å²) >= 11 is 0. The van der Waals surface area contributed by atoms with Crippen molar-refractivity contribution in [2.75, 3.05) is 19.7 Å². The number of hydrogen-bond acceptors (Lipinski definition) is 3. The number of aliphatic hydroxyl groups is 1. The maximum absolute atomic E-state index is 13.3. The van der Waals surface area contributed by atoms with Gasteiger partial charge >= 0.3 is 5.97 Å². The summed E-state index contributed by atoms with van der Waals surface area (Å²) in [6.45, 7) is 1.90. The minimum Gasteiger partial charge on any atom is -0.478 e. The second-order valence-corrected chi connectivity index (χ2v) is 4.49. The van der Waals surface area contributed by atoms with E-state index in [1.54, 1.807) is 0 Å².